The number of anilines is 2. The van der Waals surface area contributed by atoms with Gasteiger partial charge < -0.3 is 20.3 Å². The Hall–Kier alpha value is -2.03. The highest BCUT2D eigenvalue weighted by Gasteiger charge is 2.34. The van der Waals surface area contributed by atoms with Crippen LogP contribution in [-0.2, 0) is 10.2 Å². The van der Waals surface area contributed by atoms with E-state index in [1.807, 2.05) is 12.1 Å². The van der Waals surface area contributed by atoms with Crippen LogP contribution in [0.15, 0.2) is 30.3 Å². The molecule has 2 aliphatic rings. The zero-order chi connectivity index (χ0) is 21.7. The van der Waals surface area contributed by atoms with Crippen LogP contribution in [0, 0.1) is 5.82 Å². The van der Waals surface area contributed by atoms with E-state index in [1.54, 1.807) is 6.07 Å². The molecule has 2 fully saturated rings. The molecule has 0 spiro atoms. The Balaban J connectivity index is 1.43. The van der Waals surface area contributed by atoms with E-state index in [0.29, 0.717) is 36.0 Å². The van der Waals surface area contributed by atoms with Crippen molar-refractivity contribution in [2.24, 2.45) is 0 Å². The van der Waals surface area contributed by atoms with Gasteiger partial charge in [-0.25, -0.2) is 9.37 Å². The van der Waals surface area contributed by atoms with Crippen LogP contribution in [0.2, 0.25) is 5.15 Å². The quantitative estimate of drug-likeness (QED) is 0.506. The van der Waals surface area contributed by atoms with Crippen LogP contribution < -0.4 is 15.5 Å². The third-order valence-electron chi connectivity index (χ3n) is 6.08. The smallest absolute Gasteiger partial charge is 0.232 e. The van der Waals surface area contributed by atoms with Gasteiger partial charge >= 0.3 is 0 Å². The summed E-state index contributed by atoms with van der Waals surface area (Å²) >= 11 is 11.8. The summed E-state index contributed by atoms with van der Waals surface area (Å²) in [6, 6.07) is 8.50. The van der Waals surface area contributed by atoms with Crippen molar-refractivity contribution in [3.8, 4) is 0 Å². The van der Waals surface area contributed by atoms with Crippen LogP contribution in [0.25, 0.3) is 0 Å². The molecule has 3 heterocycles. The molecule has 9 heteroatoms. The summed E-state index contributed by atoms with van der Waals surface area (Å²) in [7, 11) is 0. The molecule has 0 bridgehead atoms. The predicted molar refractivity (Wildman–Crippen MR) is 125 cm³/mol. The maximum Gasteiger partial charge on any atom is 0.232 e. The van der Waals surface area contributed by atoms with Crippen LogP contribution in [0.4, 0.5) is 16.2 Å². The average Bonchev–Trinajstić information content (AvgIpc) is 2.79. The Morgan fingerprint density at radius 2 is 1.84 bits per heavy atom. The lowest BCUT2D eigenvalue weighted by molar-refractivity contribution is 0.0515. The van der Waals surface area contributed by atoms with Gasteiger partial charge in [0.2, 0.25) is 5.95 Å². The zero-order valence-electron chi connectivity index (χ0n) is 17.4. The third-order valence-corrected chi connectivity index (χ3v) is 6.52. The second kappa shape index (κ2) is 10.1. The number of ether oxygens (including phenoxy) is 1. The first kappa shape index (κ1) is 22.2. The number of nitrogens with one attached hydrogen (secondary N) is 2. The van der Waals surface area contributed by atoms with E-state index >= 15 is 0 Å². The first-order valence-electron chi connectivity index (χ1n) is 10.7. The highest BCUT2D eigenvalue weighted by atomic mass is 35.5. The van der Waals surface area contributed by atoms with Crippen LogP contribution in [0.1, 0.15) is 37.7 Å². The van der Waals surface area contributed by atoms with Gasteiger partial charge in [0, 0.05) is 44.3 Å². The minimum absolute atomic E-state index is 0.175. The summed E-state index contributed by atoms with van der Waals surface area (Å²) in [5, 5.41) is 7.20. The maximum atomic E-state index is 13.4. The predicted octanol–water partition coefficient (Wildman–Crippen LogP) is 4.29. The third kappa shape index (κ3) is 5.61. The Labute approximate surface area is 192 Å². The van der Waals surface area contributed by atoms with E-state index in [9.17, 15) is 4.39 Å². The first-order chi connectivity index (χ1) is 15.0. The Morgan fingerprint density at radius 1 is 1.13 bits per heavy atom. The minimum atomic E-state index is -0.237. The molecule has 0 aliphatic carbocycles. The molecule has 0 radical (unpaired) electrons. The van der Waals surface area contributed by atoms with E-state index in [4.69, 9.17) is 28.6 Å². The van der Waals surface area contributed by atoms with Gasteiger partial charge in [-0.1, -0.05) is 23.7 Å². The molecule has 6 nitrogen and oxygen atoms in total. The fourth-order valence-corrected chi connectivity index (χ4v) is 4.62. The Morgan fingerprint density at radius 3 is 2.55 bits per heavy atom. The topological polar surface area (TPSA) is 62.3 Å². The van der Waals surface area contributed by atoms with Gasteiger partial charge in [0.15, 0.2) is 5.11 Å². The number of aromatic nitrogens is 2. The monoisotopic (exact) mass is 463 g/mol. The van der Waals surface area contributed by atoms with E-state index in [2.05, 4.69) is 25.5 Å². The van der Waals surface area contributed by atoms with Crippen LogP contribution in [-0.4, -0.2) is 47.9 Å². The molecule has 166 valence electrons. The summed E-state index contributed by atoms with van der Waals surface area (Å²) in [5.74, 6) is 0.962. The molecule has 2 aromatic rings. The molecule has 2 saturated heterocycles. The summed E-state index contributed by atoms with van der Waals surface area (Å²) in [6.45, 7) is 3.87. The van der Waals surface area contributed by atoms with Gasteiger partial charge in [0.05, 0.1) is 0 Å². The van der Waals surface area contributed by atoms with Gasteiger partial charge in [0.1, 0.15) is 16.8 Å². The maximum absolute atomic E-state index is 13.4. The largest absolute Gasteiger partial charge is 0.381 e. The molecule has 0 unspecified atom stereocenters. The second-order valence-corrected chi connectivity index (χ2v) is 8.92. The van der Waals surface area contributed by atoms with E-state index in [0.717, 1.165) is 50.2 Å². The van der Waals surface area contributed by atoms with Crippen molar-refractivity contribution in [3.05, 3.63) is 46.9 Å². The number of thiocarbonyl (C=S) groups is 1. The summed E-state index contributed by atoms with van der Waals surface area (Å²) < 4.78 is 19.0. The molecule has 2 N–H and O–H groups in total. The number of halogens is 2. The molecule has 2 aliphatic heterocycles. The van der Waals surface area contributed by atoms with Gasteiger partial charge in [-0.3, -0.25) is 0 Å². The van der Waals surface area contributed by atoms with Gasteiger partial charge in [-0.15, -0.1) is 0 Å². The van der Waals surface area contributed by atoms with E-state index in [-0.39, 0.29) is 11.2 Å². The molecule has 0 atom stereocenters. The fourth-order valence-electron chi connectivity index (χ4n) is 4.27. The summed E-state index contributed by atoms with van der Waals surface area (Å²) in [4.78, 5) is 11.1. The molecule has 4 rings (SSSR count). The van der Waals surface area contributed by atoms with Crippen molar-refractivity contribution < 1.29 is 9.13 Å². The van der Waals surface area contributed by atoms with Gasteiger partial charge in [-0.2, -0.15) is 4.98 Å². The number of benzene rings is 1. The average molecular weight is 464 g/mol. The lowest BCUT2D eigenvalue weighted by Gasteiger charge is -2.38. The molecular formula is C22H27ClFN5OS. The summed E-state index contributed by atoms with van der Waals surface area (Å²) in [6.07, 6.45) is 5.22. The minimum Gasteiger partial charge on any atom is -0.381 e. The second-order valence-electron chi connectivity index (χ2n) is 8.13. The fraction of sp³-hybridized carbons (Fsp3) is 0.500. The number of nitrogens with zero attached hydrogens (tertiary/aromatic N) is 3. The SMILES string of the molecule is Fc1ccc(C2(CNC(=S)Nc3nc(Cl)cc(N4CCCCC4)n3)CCOCC2)cc1. The highest BCUT2D eigenvalue weighted by Crippen LogP contribution is 2.34. The van der Waals surface area contributed by atoms with Crippen molar-refractivity contribution in [3.63, 3.8) is 0 Å². The molecular weight excluding hydrogens is 437 g/mol. The van der Waals surface area contributed by atoms with Crippen molar-refractivity contribution in [2.75, 3.05) is 43.1 Å². The van der Waals surface area contributed by atoms with E-state index in [1.165, 1.54) is 18.6 Å². The van der Waals surface area contributed by atoms with Crippen molar-refractivity contribution in [1.29, 1.82) is 0 Å². The lowest BCUT2D eigenvalue weighted by Crippen LogP contribution is -2.45. The Kier molecular flexibility index (Phi) is 7.20. The number of hydrogen-bond acceptors (Lipinski definition) is 5. The molecule has 1 aromatic heterocycles. The Bertz CT molecular complexity index is 901. The highest BCUT2D eigenvalue weighted by molar-refractivity contribution is 7.80. The summed E-state index contributed by atoms with van der Waals surface area (Å²) in [5.41, 5.74) is 0.908. The van der Waals surface area contributed by atoms with Crippen molar-refractivity contribution >= 4 is 40.7 Å². The van der Waals surface area contributed by atoms with Crippen LogP contribution in [0.3, 0.4) is 0 Å². The van der Waals surface area contributed by atoms with Crippen molar-refractivity contribution in [1.82, 2.24) is 15.3 Å². The zero-order valence-corrected chi connectivity index (χ0v) is 18.9. The van der Waals surface area contributed by atoms with Gasteiger partial charge in [-0.05, 0) is 62.0 Å². The number of piperidine rings is 1. The molecule has 0 saturated carbocycles. The number of rotatable bonds is 5. The van der Waals surface area contributed by atoms with Crippen LogP contribution in [0.5, 0.6) is 0 Å². The molecule has 31 heavy (non-hydrogen) atoms. The molecule has 0 amide bonds. The van der Waals surface area contributed by atoms with Gasteiger partial charge in [0.25, 0.3) is 0 Å². The first-order valence-corrected chi connectivity index (χ1v) is 11.5. The van der Waals surface area contributed by atoms with Crippen molar-refractivity contribution in [2.45, 2.75) is 37.5 Å². The lowest BCUT2D eigenvalue weighted by atomic mass is 9.74. The van der Waals surface area contributed by atoms with E-state index < -0.39 is 0 Å². The number of hydrogen-bond donors (Lipinski definition) is 2. The standard InChI is InChI=1S/C22H27ClFN5OS/c23-18-14-19(29-10-2-1-3-11-29)27-20(26-18)28-21(31)25-15-22(8-12-30-13-9-22)16-4-6-17(24)7-5-16/h4-7,14H,1-3,8-13,15H2,(H2,25,26,27,28,31). The molecule has 1 aromatic carbocycles. The normalized spacial score (nSPS) is 18.5. The van der Waals surface area contributed by atoms with Crippen LogP contribution >= 0.6 is 23.8 Å².